The number of benzene rings is 1. The summed E-state index contributed by atoms with van der Waals surface area (Å²) in [5.41, 5.74) is 5.63. The van der Waals surface area contributed by atoms with Crippen molar-refractivity contribution in [2.45, 2.75) is 33.3 Å². The molecule has 156 valence electrons. The van der Waals surface area contributed by atoms with Gasteiger partial charge in [0.15, 0.2) is 5.65 Å². The van der Waals surface area contributed by atoms with Crippen molar-refractivity contribution in [1.82, 2.24) is 19.6 Å². The lowest BCUT2D eigenvalue weighted by atomic mass is 9.99. The van der Waals surface area contributed by atoms with Crippen LogP contribution in [0.5, 0.6) is 0 Å². The maximum absolute atomic E-state index is 10.0. The minimum atomic E-state index is -0.862. The van der Waals surface area contributed by atoms with Crippen molar-refractivity contribution in [1.29, 1.82) is 5.26 Å². The van der Waals surface area contributed by atoms with Crippen LogP contribution in [0, 0.1) is 25.2 Å². The first-order valence-corrected chi connectivity index (χ1v) is 10.1. The maximum atomic E-state index is 10.0. The first kappa shape index (κ1) is 20.5. The van der Waals surface area contributed by atoms with Gasteiger partial charge < -0.3 is 10.4 Å². The fourth-order valence-corrected chi connectivity index (χ4v) is 3.52. The molecule has 7 nitrogen and oxygen atoms in total. The Morgan fingerprint density at radius 2 is 1.81 bits per heavy atom. The largest absolute Gasteiger partial charge is 0.389 e. The van der Waals surface area contributed by atoms with E-state index in [2.05, 4.69) is 16.4 Å². The predicted molar refractivity (Wildman–Crippen MR) is 121 cm³/mol. The van der Waals surface area contributed by atoms with Gasteiger partial charge >= 0.3 is 0 Å². The SMILES string of the molecule is Cc1cc(-c2c(-c3cccc(C#N)c3)nn3ccc(NCC(C)(C)O)nc23)cc(C)n1. The zero-order valence-corrected chi connectivity index (χ0v) is 18.0. The first-order valence-electron chi connectivity index (χ1n) is 10.1. The van der Waals surface area contributed by atoms with Gasteiger partial charge in [0.2, 0.25) is 0 Å². The van der Waals surface area contributed by atoms with E-state index >= 15 is 0 Å². The quantitative estimate of drug-likeness (QED) is 0.511. The van der Waals surface area contributed by atoms with Crippen molar-refractivity contribution >= 4 is 11.5 Å². The standard InChI is InChI=1S/C24H24N6O/c1-15-10-19(11-16(2)27-15)21-22(18-7-5-6-17(12-18)13-25)29-30-9-8-20(28-23(21)30)26-14-24(3,4)31/h5-12,31H,14H2,1-4H3,(H,26,28). The molecule has 31 heavy (non-hydrogen) atoms. The van der Waals surface area contributed by atoms with Crippen LogP contribution >= 0.6 is 0 Å². The highest BCUT2D eigenvalue weighted by molar-refractivity contribution is 5.91. The van der Waals surface area contributed by atoms with Gasteiger partial charge in [0.05, 0.1) is 22.8 Å². The van der Waals surface area contributed by atoms with E-state index in [0.29, 0.717) is 23.6 Å². The van der Waals surface area contributed by atoms with E-state index in [1.807, 2.05) is 56.4 Å². The zero-order chi connectivity index (χ0) is 22.2. The summed E-state index contributed by atoms with van der Waals surface area (Å²) in [6.07, 6.45) is 1.84. The molecule has 2 N–H and O–H groups in total. The molecular formula is C24H24N6O. The molecule has 0 saturated heterocycles. The number of pyridine rings is 1. The number of aromatic nitrogens is 4. The molecule has 0 unspecified atom stereocenters. The van der Waals surface area contributed by atoms with Gasteiger partial charge in [-0.1, -0.05) is 12.1 Å². The highest BCUT2D eigenvalue weighted by Crippen LogP contribution is 2.35. The molecular weight excluding hydrogens is 388 g/mol. The number of nitrogens with zero attached hydrogens (tertiary/aromatic N) is 5. The number of anilines is 1. The van der Waals surface area contributed by atoms with Crippen LogP contribution in [0.25, 0.3) is 28.0 Å². The molecule has 0 fully saturated rings. The number of hydrogen-bond donors (Lipinski definition) is 2. The smallest absolute Gasteiger partial charge is 0.165 e. The number of rotatable bonds is 5. The normalized spacial score (nSPS) is 11.5. The Balaban J connectivity index is 1.95. The van der Waals surface area contributed by atoms with Crippen LogP contribution < -0.4 is 5.32 Å². The van der Waals surface area contributed by atoms with E-state index in [0.717, 1.165) is 33.8 Å². The van der Waals surface area contributed by atoms with Gasteiger partial charge in [-0.15, -0.1) is 0 Å². The van der Waals surface area contributed by atoms with Crippen LogP contribution in [0.15, 0.2) is 48.7 Å². The molecule has 0 aliphatic carbocycles. The van der Waals surface area contributed by atoms with Gasteiger partial charge in [0.25, 0.3) is 0 Å². The molecule has 0 aliphatic heterocycles. The average Bonchev–Trinajstić information content (AvgIpc) is 3.10. The fraction of sp³-hybridized carbons (Fsp3) is 0.250. The van der Waals surface area contributed by atoms with Crippen molar-refractivity contribution in [2.24, 2.45) is 0 Å². The lowest BCUT2D eigenvalue weighted by Gasteiger charge is -2.18. The molecule has 0 aliphatic rings. The number of nitriles is 1. The van der Waals surface area contributed by atoms with Gasteiger partial charge in [-0.2, -0.15) is 10.4 Å². The minimum absolute atomic E-state index is 0.365. The Labute approximate surface area is 181 Å². The molecule has 7 heteroatoms. The summed E-state index contributed by atoms with van der Waals surface area (Å²) < 4.78 is 1.74. The molecule has 3 aromatic heterocycles. The highest BCUT2D eigenvalue weighted by atomic mass is 16.3. The number of aryl methyl sites for hydroxylation is 2. The van der Waals surface area contributed by atoms with Crippen molar-refractivity contribution in [3.8, 4) is 28.5 Å². The highest BCUT2D eigenvalue weighted by Gasteiger charge is 2.20. The Bertz CT molecular complexity index is 1290. The van der Waals surface area contributed by atoms with Gasteiger partial charge in [-0.25, -0.2) is 9.50 Å². The van der Waals surface area contributed by atoms with E-state index in [1.54, 1.807) is 24.4 Å². The summed E-state index contributed by atoms with van der Waals surface area (Å²) in [5, 5.41) is 27.4. The number of aliphatic hydroxyl groups is 1. The Kier molecular flexibility index (Phi) is 5.17. The van der Waals surface area contributed by atoms with E-state index in [1.165, 1.54) is 0 Å². The average molecular weight is 412 g/mol. The van der Waals surface area contributed by atoms with Gasteiger partial charge in [0.1, 0.15) is 11.5 Å². The molecule has 0 bridgehead atoms. The molecule has 4 rings (SSSR count). The monoisotopic (exact) mass is 412 g/mol. The van der Waals surface area contributed by atoms with Crippen LogP contribution in [-0.2, 0) is 0 Å². The third-order valence-electron chi connectivity index (χ3n) is 4.82. The van der Waals surface area contributed by atoms with Crippen molar-refractivity contribution in [3.63, 3.8) is 0 Å². The summed E-state index contributed by atoms with van der Waals surface area (Å²) in [6.45, 7) is 7.77. The van der Waals surface area contributed by atoms with Gasteiger partial charge in [-0.05, 0) is 63.6 Å². The maximum Gasteiger partial charge on any atom is 0.165 e. The number of fused-ring (bicyclic) bond motifs is 1. The van der Waals surface area contributed by atoms with Crippen LogP contribution in [0.3, 0.4) is 0 Å². The molecule has 0 radical (unpaired) electrons. The third-order valence-corrected chi connectivity index (χ3v) is 4.82. The van der Waals surface area contributed by atoms with Crippen LogP contribution in [0.1, 0.15) is 30.8 Å². The van der Waals surface area contributed by atoms with E-state index in [-0.39, 0.29) is 0 Å². The Morgan fingerprint density at radius 1 is 1.06 bits per heavy atom. The number of hydrogen-bond acceptors (Lipinski definition) is 6. The lowest BCUT2D eigenvalue weighted by Crippen LogP contribution is -2.29. The van der Waals surface area contributed by atoms with Crippen molar-refractivity contribution in [2.75, 3.05) is 11.9 Å². The molecule has 0 atom stereocenters. The summed E-state index contributed by atoms with van der Waals surface area (Å²) in [5.74, 6) is 0.649. The summed E-state index contributed by atoms with van der Waals surface area (Å²) >= 11 is 0. The molecule has 4 aromatic rings. The van der Waals surface area contributed by atoms with E-state index < -0.39 is 5.60 Å². The Morgan fingerprint density at radius 3 is 2.48 bits per heavy atom. The molecule has 0 saturated carbocycles. The Hall–Kier alpha value is -3.76. The fourth-order valence-electron chi connectivity index (χ4n) is 3.52. The lowest BCUT2D eigenvalue weighted by molar-refractivity contribution is 0.0944. The summed E-state index contributed by atoms with van der Waals surface area (Å²) in [4.78, 5) is 9.29. The predicted octanol–water partition coefficient (Wildman–Crippen LogP) is 4.13. The van der Waals surface area contributed by atoms with Gasteiger partial charge in [-0.3, -0.25) is 4.98 Å². The third kappa shape index (κ3) is 4.39. The second-order valence-corrected chi connectivity index (χ2v) is 8.30. The molecule has 0 spiro atoms. The van der Waals surface area contributed by atoms with Crippen molar-refractivity contribution < 1.29 is 5.11 Å². The second kappa shape index (κ2) is 7.82. The molecule has 0 amide bonds. The summed E-state index contributed by atoms with van der Waals surface area (Å²) in [7, 11) is 0. The van der Waals surface area contributed by atoms with Crippen molar-refractivity contribution in [3.05, 3.63) is 65.6 Å². The van der Waals surface area contributed by atoms with Gasteiger partial charge in [0, 0.05) is 29.7 Å². The molecule has 1 aromatic carbocycles. The summed E-state index contributed by atoms with van der Waals surface area (Å²) in [6, 6.07) is 15.5. The zero-order valence-electron chi connectivity index (χ0n) is 18.0. The minimum Gasteiger partial charge on any atom is -0.389 e. The van der Waals surface area contributed by atoms with Crippen LogP contribution in [-0.4, -0.2) is 36.8 Å². The number of nitrogens with one attached hydrogen (secondary N) is 1. The molecule has 3 heterocycles. The van der Waals surface area contributed by atoms with Crippen LogP contribution in [0.2, 0.25) is 0 Å². The van der Waals surface area contributed by atoms with E-state index in [9.17, 15) is 10.4 Å². The second-order valence-electron chi connectivity index (χ2n) is 8.30. The van der Waals surface area contributed by atoms with E-state index in [4.69, 9.17) is 10.1 Å². The topological polar surface area (TPSA) is 99.1 Å². The first-order chi connectivity index (χ1) is 14.7. The van der Waals surface area contributed by atoms with Crippen LogP contribution in [0.4, 0.5) is 5.82 Å².